The Morgan fingerprint density at radius 1 is 1.15 bits per heavy atom. The van der Waals surface area contributed by atoms with Gasteiger partial charge in [0.2, 0.25) is 0 Å². The van der Waals surface area contributed by atoms with Crippen molar-refractivity contribution >= 4 is 23.0 Å². The highest BCUT2D eigenvalue weighted by molar-refractivity contribution is 9.11. The zero-order valence-electron chi connectivity index (χ0n) is 9.00. The van der Waals surface area contributed by atoms with Crippen molar-refractivity contribution < 1.29 is 9.31 Å². The average Bonchev–Trinajstić information content (AvgIpc) is 1.80. The highest BCUT2D eigenvalue weighted by atomic mass is 79.9. The molecule has 0 fully saturated rings. The Hall–Kier alpha value is 0.205. The molecule has 0 unspecified atom stereocenters. The summed E-state index contributed by atoms with van der Waals surface area (Å²) in [7, 11) is -0.251. The number of rotatable bonds is 5. The van der Waals surface area contributed by atoms with Crippen molar-refractivity contribution in [1.82, 2.24) is 0 Å². The quantitative estimate of drug-likeness (QED) is 0.696. The molecule has 0 aliphatic heterocycles. The first-order valence-electron chi connectivity index (χ1n) is 4.56. The van der Waals surface area contributed by atoms with Gasteiger partial charge in [-0.25, -0.2) is 0 Å². The van der Waals surface area contributed by atoms with E-state index >= 15 is 0 Å². The largest absolute Gasteiger partial charge is 0.487 e. The van der Waals surface area contributed by atoms with Gasteiger partial charge in [0.25, 0.3) is 0 Å². The Morgan fingerprint density at radius 3 is 1.77 bits per heavy atom. The fourth-order valence-corrected chi connectivity index (χ4v) is 1.05. The normalized spacial score (nSPS) is 12.8. The van der Waals surface area contributed by atoms with Crippen molar-refractivity contribution in [2.24, 2.45) is 0 Å². The second-order valence-electron chi connectivity index (χ2n) is 3.49. The number of hydrogen-bond donors (Lipinski definition) is 0. The lowest BCUT2D eigenvalue weighted by atomic mass is 9.88. The standard InChI is InChI=1S/C9H18BBrO2/c1-7(2)12-10(6-9(5)11)13-8(3)4/h6-8H,1-5H3. The van der Waals surface area contributed by atoms with Gasteiger partial charge in [0.1, 0.15) is 0 Å². The molecule has 0 saturated carbocycles. The minimum Gasteiger partial charge on any atom is -0.405 e. The monoisotopic (exact) mass is 248 g/mol. The van der Waals surface area contributed by atoms with Crippen LogP contribution in [0.2, 0.25) is 0 Å². The Bertz CT molecular complexity index is 155. The predicted octanol–water partition coefficient (Wildman–Crippen LogP) is 3.16. The summed E-state index contributed by atoms with van der Waals surface area (Å²) in [5.74, 6) is 1.92. The maximum atomic E-state index is 5.54. The average molecular weight is 249 g/mol. The molecular weight excluding hydrogens is 231 g/mol. The molecule has 0 aromatic heterocycles. The van der Waals surface area contributed by atoms with E-state index in [0.717, 1.165) is 4.48 Å². The summed E-state index contributed by atoms with van der Waals surface area (Å²) in [5, 5.41) is 0. The van der Waals surface area contributed by atoms with E-state index in [-0.39, 0.29) is 19.3 Å². The first-order chi connectivity index (χ1) is 5.91. The van der Waals surface area contributed by atoms with Gasteiger partial charge in [-0.05, 0) is 45.1 Å². The van der Waals surface area contributed by atoms with Gasteiger partial charge >= 0.3 is 7.12 Å². The van der Waals surface area contributed by atoms with E-state index in [1.807, 2.05) is 40.6 Å². The van der Waals surface area contributed by atoms with Crippen molar-refractivity contribution in [1.29, 1.82) is 0 Å². The minimum absolute atomic E-state index is 0.173. The van der Waals surface area contributed by atoms with Gasteiger partial charge in [-0.2, -0.15) is 0 Å². The second-order valence-corrected chi connectivity index (χ2v) is 4.74. The van der Waals surface area contributed by atoms with E-state index in [2.05, 4.69) is 15.9 Å². The smallest absolute Gasteiger partial charge is 0.405 e. The summed E-state index contributed by atoms with van der Waals surface area (Å²) in [4.78, 5) is 0. The number of hydrogen-bond acceptors (Lipinski definition) is 2. The van der Waals surface area contributed by atoms with Crippen molar-refractivity contribution in [2.45, 2.75) is 46.8 Å². The summed E-state index contributed by atoms with van der Waals surface area (Å²) in [6.07, 6.45) is 0.346. The van der Waals surface area contributed by atoms with Gasteiger partial charge in [0.05, 0.1) is 0 Å². The van der Waals surface area contributed by atoms with E-state index in [4.69, 9.17) is 9.31 Å². The van der Waals surface area contributed by atoms with Gasteiger partial charge in [-0.3, -0.25) is 0 Å². The van der Waals surface area contributed by atoms with Crippen LogP contribution in [0.25, 0.3) is 0 Å². The molecule has 0 aliphatic carbocycles. The van der Waals surface area contributed by atoms with Crippen LogP contribution in [0.15, 0.2) is 10.5 Å². The molecule has 0 bridgehead atoms. The molecule has 0 radical (unpaired) electrons. The molecule has 0 amide bonds. The van der Waals surface area contributed by atoms with Crippen molar-refractivity contribution in [3.05, 3.63) is 10.5 Å². The molecule has 76 valence electrons. The molecule has 13 heavy (non-hydrogen) atoms. The maximum absolute atomic E-state index is 5.54. The number of halogens is 1. The lowest BCUT2D eigenvalue weighted by Crippen LogP contribution is -2.27. The van der Waals surface area contributed by atoms with Gasteiger partial charge in [0, 0.05) is 12.2 Å². The van der Waals surface area contributed by atoms with Crippen LogP contribution in [-0.4, -0.2) is 19.3 Å². The third-order valence-corrected chi connectivity index (χ3v) is 1.44. The van der Waals surface area contributed by atoms with Crippen LogP contribution >= 0.6 is 15.9 Å². The van der Waals surface area contributed by atoms with Crippen LogP contribution in [0.5, 0.6) is 0 Å². The minimum atomic E-state index is -0.251. The Morgan fingerprint density at radius 2 is 1.54 bits per heavy atom. The molecule has 0 aromatic carbocycles. The molecule has 4 heteroatoms. The maximum Gasteiger partial charge on any atom is 0.487 e. The van der Waals surface area contributed by atoms with Crippen molar-refractivity contribution in [3.8, 4) is 0 Å². The highest BCUT2D eigenvalue weighted by Gasteiger charge is 2.18. The zero-order valence-corrected chi connectivity index (χ0v) is 10.6. The van der Waals surface area contributed by atoms with Crippen LogP contribution in [0, 0.1) is 0 Å². The van der Waals surface area contributed by atoms with E-state index in [1.165, 1.54) is 0 Å². The molecule has 0 aromatic rings. The summed E-state index contributed by atoms with van der Waals surface area (Å²) < 4.78 is 12.1. The predicted molar refractivity (Wildman–Crippen MR) is 60.9 cm³/mol. The fraction of sp³-hybridized carbons (Fsp3) is 0.778. The van der Waals surface area contributed by atoms with E-state index in [1.54, 1.807) is 0 Å². The summed E-state index contributed by atoms with van der Waals surface area (Å²) in [6, 6.07) is 0. The van der Waals surface area contributed by atoms with E-state index < -0.39 is 0 Å². The molecule has 0 aliphatic rings. The molecule has 0 atom stereocenters. The van der Waals surface area contributed by atoms with Crippen LogP contribution < -0.4 is 0 Å². The summed E-state index contributed by atoms with van der Waals surface area (Å²) >= 11 is 3.36. The first-order valence-corrected chi connectivity index (χ1v) is 5.36. The van der Waals surface area contributed by atoms with Crippen molar-refractivity contribution in [2.75, 3.05) is 0 Å². The Kier molecular flexibility index (Phi) is 6.73. The molecule has 0 spiro atoms. The van der Waals surface area contributed by atoms with Crippen LogP contribution in [-0.2, 0) is 9.31 Å². The summed E-state index contributed by atoms with van der Waals surface area (Å²) in [6.45, 7) is 9.94. The molecular formula is C9H18BBrO2. The zero-order chi connectivity index (χ0) is 10.4. The van der Waals surface area contributed by atoms with Gasteiger partial charge in [-0.15, -0.1) is 0 Å². The molecule has 0 heterocycles. The fourth-order valence-electron chi connectivity index (χ4n) is 0.835. The topological polar surface area (TPSA) is 18.5 Å². The SMILES string of the molecule is CC(Br)=CB(OC(C)C)OC(C)C. The van der Waals surface area contributed by atoms with Crippen molar-refractivity contribution in [3.63, 3.8) is 0 Å². The molecule has 0 N–H and O–H groups in total. The van der Waals surface area contributed by atoms with Gasteiger partial charge in [-0.1, -0.05) is 15.9 Å². The third kappa shape index (κ3) is 8.53. The first kappa shape index (κ1) is 13.2. The Balaban J connectivity index is 4.11. The lowest BCUT2D eigenvalue weighted by Gasteiger charge is -2.16. The van der Waals surface area contributed by atoms with E-state index in [0.29, 0.717) is 0 Å². The number of allylic oxidation sites excluding steroid dienone is 1. The molecule has 2 nitrogen and oxygen atoms in total. The lowest BCUT2D eigenvalue weighted by molar-refractivity contribution is 0.138. The second kappa shape index (κ2) is 6.63. The highest BCUT2D eigenvalue weighted by Crippen LogP contribution is 2.08. The molecule has 0 saturated heterocycles. The molecule has 0 rings (SSSR count). The van der Waals surface area contributed by atoms with Crippen LogP contribution in [0.1, 0.15) is 34.6 Å². The van der Waals surface area contributed by atoms with E-state index in [9.17, 15) is 0 Å². The van der Waals surface area contributed by atoms with Gasteiger partial charge < -0.3 is 9.31 Å². The summed E-state index contributed by atoms with van der Waals surface area (Å²) in [5.41, 5.74) is 0. The van der Waals surface area contributed by atoms with Gasteiger partial charge in [0.15, 0.2) is 0 Å². The van der Waals surface area contributed by atoms with Crippen LogP contribution in [0.4, 0.5) is 0 Å². The Labute approximate surface area is 90.0 Å². The third-order valence-electron chi connectivity index (χ3n) is 1.18. The van der Waals surface area contributed by atoms with Crippen LogP contribution in [0.3, 0.4) is 0 Å².